The lowest BCUT2D eigenvalue weighted by atomic mass is 10.1. The molecule has 0 radical (unpaired) electrons. The smallest absolute Gasteiger partial charge is 0.418 e. The highest BCUT2D eigenvalue weighted by Crippen LogP contribution is 2.34. The topological polar surface area (TPSA) is 91.2 Å². The summed E-state index contributed by atoms with van der Waals surface area (Å²) in [5.74, 6) is -1.09. The molecule has 1 aromatic carbocycles. The van der Waals surface area contributed by atoms with Crippen molar-refractivity contribution >= 4 is 17.7 Å². The largest absolute Gasteiger partial charge is 0.450 e. The third-order valence-electron chi connectivity index (χ3n) is 2.46. The van der Waals surface area contributed by atoms with Gasteiger partial charge in [0.05, 0.1) is 17.9 Å². The van der Waals surface area contributed by atoms with Crippen molar-refractivity contribution in [2.45, 2.75) is 13.1 Å². The highest BCUT2D eigenvalue weighted by atomic mass is 19.4. The summed E-state index contributed by atoms with van der Waals surface area (Å²) in [6, 6.07) is 6.02. The lowest BCUT2D eigenvalue weighted by Crippen LogP contribution is -2.32. The number of carbonyl (C=O) groups is 2. The highest BCUT2D eigenvalue weighted by Gasteiger charge is 2.33. The van der Waals surface area contributed by atoms with Crippen molar-refractivity contribution in [2.24, 2.45) is 0 Å². The second kappa shape index (κ2) is 7.84. The third-order valence-corrected chi connectivity index (χ3v) is 2.46. The van der Waals surface area contributed by atoms with Crippen LogP contribution < -0.4 is 10.6 Å². The normalized spacial score (nSPS) is 11.3. The van der Waals surface area contributed by atoms with E-state index >= 15 is 0 Å². The molecule has 0 saturated heterocycles. The van der Waals surface area contributed by atoms with E-state index in [2.05, 4.69) is 10.1 Å². The number of para-hydroxylation sites is 1. The van der Waals surface area contributed by atoms with Gasteiger partial charge in [-0.05, 0) is 19.1 Å². The maximum absolute atomic E-state index is 12.8. The molecule has 0 fully saturated rings. The summed E-state index contributed by atoms with van der Waals surface area (Å²) >= 11 is 0. The van der Waals surface area contributed by atoms with Crippen LogP contribution in [-0.2, 0) is 15.7 Å². The molecule has 2 N–H and O–H groups in total. The molecule has 0 heterocycles. The molecule has 0 unspecified atom stereocenters. The Morgan fingerprint density at radius 2 is 2.00 bits per heavy atom. The van der Waals surface area contributed by atoms with Gasteiger partial charge in [0, 0.05) is 6.20 Å². The number of nitrogens with zero attached hydrogens (tertiary/aromatic N) is 1. The first-order valence-corrected chi connectivity index (χ1v) is 6.30. The summed E-state index contributed by atoms with van der Waals surface area (Å²) in [5, 5.41) is 12.9. The summed E-state index contributed by atoms with van der Waals surface area (Å²) in [6.45, 7) is 1.53. The number of anilines is 1. The number of halogens is 3. The number of rotatable bonds is 4. The predicted molar refractivity (Wildman–Crippen MR) is 73.9 cm³/mol. The van der Waals surface area contributed by atoms with Gasteiger partial charge in [0.2, 0.25) is 0 Å². The lowest BCUT2D eigenvalue weighted by molar-refractivity contribution is -0.136. The first kappa shape index (κ1) is 18.0. The zero-order valence-electron chi connectivity index (χ0n) is 11.9. The molecule has 23 heavy (non-hydrogen) atoms. The van der Waals surface area contributed by atoms with Crippen LogP contribution in [0.2, 0.25) is 0 Å². The van der Waals surface area contributed by atoms with E-state index in [1.54, 1.807) is 5.32 Å². The van der Waals surface area contributed by atoms with E-state index in [0.717, 1.165) is 18.3 Å². The van der Waals surface area contributed by atoms with Crippen molar-refractivity contribution in [1.29, 1.82) is 5.26 Å². The van der Waals surface area contributed by atoms with Gasteiger partial charge >= 0.3 is 12.3 Å². The van der Waals surface area contributed by atoms with Gasteiger partial charge in [-0.25, -0.2) is 4.79 Å². The van der Waals surface area contributed by atoms with Crippen molar-refractivity contribution < 1.29 is 27.5 Å². The van der Waals surface area contributed by atoms with Crippen LogP contribution >= 0.6 is 0 Å². The maximum atomic E-state index is 12.8. The zero-order valence-corrected chi connectivity index (χ0v) is 11.9. The van der Waals surface area contributed by atoms with Crippen molar-refractivity contribution in [2.75, 3.05) is 11.9 Å². The van der Waals surface area contributed by atoms with Gasteiger partial charge in [0.15, 0.2) is 0 Å². The Balaban J connectivity index is 2.92. The minimum Gasteiger partial charge on any atom is -0.450 e. The van der Waals surface area contributed by atoms with Crippen LogP contribution in [0, 0.1) is 11.3 Å². The highest BCUT2D eigenvalue weighted by molar-refractivity contribution is 6.05. The van der Waals surface area contributed by atoms with E-state index in [1.807, 2.05) is 0 Å². The fourth-order valence-corrected chi connectivity index (χ4v) is 1.48. The number of hydrogen-bond donors (Lipinski definition) is 2. The molecule has 2 amide bonds. The molecule has 0 aromatic heterocycles. The molecular formula is C14H12F3N3O3. The minimum absolute atomic E-state index is 0.0158. The fourth-order valence-electron chi connectivity index (χ4n) is 1.48. The summed E-state index contributed by atoms with van der Waals surface area (Å²) in [5.41, 5.74) is -1.88. The summed E-state index contributed by atoms with van der Waals surface area (Å²) in [6.07, 6.45) is -4.88. The molecule has 1 aromatic rings. The van der Waals surface area contributed by atoms with E-state index < -0.39 is 29.3 Å². The van der Waals surface area contributed by atoms with E-state index in [-0.39, 0.29) is 12.3 Å². The van der Waals surface area contributed by atoms with Crippen molar-refractivity contribution in [3.05, 3.63) is 41.6 Å². The van der Waals surface area contributed by atoms with E-state index in [9.17, 15) is 22.8 Å². The zero-order chi connectivity index (χ0) is 17.5. The van der Waals surface area contributed by atoms with Crippen LogP contribution in [0.5, 0.6) is 0 Å². The molecule has 0 saturated carbocycles. The van der Waals surface area contributed by atoms with Crippen LogP contribution in [0.4, 0.5) is 23.7 Å². The van der Waals surface area contributed by atoms with Gasteiger partial charge < -0.3 is 10.1 Å². The average Bonchev–Trinajstić information content (AvgIpc) is 2.47. The molecular weight excluding hydrogens is 315 g/mol. The van der Waals surface area contributed by atoms with Crippen LogP contribution in [0.1, 0.15) is 12.5 Å². The van der Waals surface area contributed by atoms with E-state index in [1.165, 1.54) is 25.1 Å². The van der Waals surface area contributed by atoms with E-state index in [0.29, 0.717) is 0 Å². The monoisotopic (exact) mass is 327 g/mol. The Labute approximate surface area is 129 Å². The van der Waals surface area contributed by atoms with Gasteiger partial charge in [0.25, 0.3) is 5.91 Å². The Kier molecular flexibility index (Phi) is 6.14. The fraction of sp³-hybridized carbons (Fsp3) is 0.214. The summed E-state index contributed by atoms with van der Waals surface area (Å²) in [4.78, 5) is 22.7. The van der Waals surface area contributed by atoms with Crippen molar-refractivity contribution in [3.63, 3.8) is 0 Å². The Morgan fingerprint density at radius 1 is 1.35 bits per heavy atom. The number of benzene rings is 1. The quantitative estimate of drug-likeness (QED) is 0.655. The van der Waals surface area contributed by atoms with Crippen LogP contribution in [0.15, 0.2) is 36.0 Å². The second-order valence-electron chi connectivity index (χ2n) is 4.03. The van der Waals surface area contributed by atoms with Crippen molar-refractivity contribution in [1.82, 2.24) is 5.32 Å². The van der Waals surface area contributed by atoms with Gasteiger partial charge in [0.1, 0.15) is 11.6 Å². The molecule has 122 valence electrons. The molecule has 0 bridgehead atoms. The first-order chi connectivity index (χ1) is 10.8. The van der Waals surface area contributed by atoms with Gasteiger partial charge in [-0.1, -0.05) is 12.1 Å². The number of amides is 2. The molecule has 0 spiro atoms. The van der Waals surface area contributed by atoms with Gasteiger partial charge in [-0.3, -0.25) is 10.1 Å². The molecule has 0 aliphatic heterocycles. The molecule has 0 atom stereocenters. The van der Waals surface area contributed by atoms with Gasteiger partial charge in [-0.15, -0.1) is 0 Å². The summed E-state index contributed by atoms with van der Waals surface area (Å²) < 4.78 is 42.9. The number of alkyl carbamates (subject to hydrolysis) is 1. The predicted octanol–water partition coefficient (Wildman–Crippen LogP) is 2.80. The number of ether oxygens (including phenoxy) is 1. The minimum atomic E-state index is -4.60. The number of alkyl halides is 3. The van der Waals surface area contributed by atoms with Crippen LogP contribution in [0.25, 0.3) is 0 Å². The lowest BCUT2D eigenvalue weighted by Gasteiger charge is -2.12. The van der Waals surface area contributed by atoms with Crippen LogP contribution in [0.3, 0.4) is 0 Å². The standard InChI is InChI=1S/C14H12F3N3O3/c1-2-23-13(22)20-12(21)9(7-18)8-19-11-6-4-3-5-10(11)14(15,16)17/h3-6,8,19H,2H2,1H3,(H,20,21,22)/b9-8-. The summed E-state index contributed by atoms with van der Waals surface area (Å²) in [7, 11) is 0. The maximum Gasteiger partial charge on any atom is 0.418 e. The number of carbonyl (C=O) groups excluding carboxylic acids is 2. The third kappa shape index (κ3) is 5.35. The molecule has 6 nitrogen and oxygen atoms in total. The SMILES string of the molecule is CCOC(=O)NC(=O)/C(C#N)=C\Nc1ccccc1C(F)(F)F. The molecule has 0 aliphatic carbocycles. The second-order valence-corrected chi connectivity index (χ2v) is 4.03. The number of hydrogen-bond acceptors (Lipinski definition) is 5. The van der Waals surface area contributed by atoms with Crippen molar-refractivity contribution in [3.8, 4) is 6.07 Å². The average molecular weight is 327 g/mol. The van der Waals surface area contributed by atoms with Gasteiger partial charge in [-0.2, -0.15) is 18.4 Å². The molecule has 1 rings (SSSR count). The number of nitrogens with one attached hydrogen (secondary N) is 2. The Bertz CT molecular complexity index is 663. The molecule has 0 aliphatic rings. The Hall–Kier alpha value is -3.02. The number of imide groups is 1. The number of nitriles is 1. The Morgan fingerprint density at radius 3 is 2.57 bits per heavy atom. The van der Waals surface area contributed by atoms with Crippen LogP contribution in [-0.4, -0.2) is 18.6 Å². The van der Waals surface area contributed by atoms with E-state index in [4.69, 9.17) is 5.26 Å². The first-order valence-electron chi connectivity index (χ1n) is 6.30. The molecule has 9 heteroatoms.